The molecular formula is C7H5F3NOSi. The van der Waals surface area contributed by atoms with Crippen molar-refractivity contribution in [1.29, 1.82) is 0 Å². The summed E-state index contributed by atoms with van der Waals surface area (Å²) in [6.07, 6.45) is -2.96. The number of aromatic nitrogens is 1. The third-order valence-corrected chi connectivity index (χ3v) is 1.42. The van der Waals surface area contributed by atoms with Crippen molar-refractivity contribution in [3.05, 3.63) is 18.3 Å². The number of hydrogen-bond acceptors (Lipinski definition) is 2. The lowest BCUT2D eigenvalue weighted by Crippen LogP contribution is -2.20. The zero-order valence-electron chi connectivity index (χ0n) is 6.43. The third-order valence-electron chi connectivity index (χ3n) is 1.12. The van der Waals surface area contributed by atoms with E-state index in [4.69, 9.17) is 0 Å². The van der Waals surface area contributed by atoms with E-state index in [2.05, 4.69) is 20.0 Å². The summed E-state index contributed by atoms with van der Waals surface area (Å²) < 4.78 is 39.3. The minimum atomic E-state index is -4.33. The molecule has 0 unspecified atom stereocenters. The van der Waals surface area contributed by atoms with Gasteiger partial charge in [-0.1, -0.05) is 6.07 Å². The second-order valence-corrected chi connectivity index (χ2v) is 2.87. The van der Waals surface area contributed by atoms with Crippen LogP contribution in [0.2, 0.25) is 0 Å². The van der Waals surface area contributed by atoms with Crippen LogP contribution in [-0.2, 0) is 0 Å². The molecule has 0 aliphatic carbocycles. The SMILES string of the molecule is FC(F)(F)COc1ccc([Si])cn1. The molecule has 3 radical (unpaired) electrons. The first-order chi connectivity index (χ1) is 5.97. The predicted octanol–water partition coefficient (Wildman–Crippen LogP) is 0.816. The molecule has 69 valence electrons. The van der Waals surface area contributed by atoms with E-state index in [-0.39, 0.29) is 5.88 Å². The van der Waals surface area contributed by atoms with Crippen molar-refractivity contribution < 1.29 is 17.9 Å². The quantitative estimate of drug-likeness (QED) is 0.665. The lowest BCUT2D eigenvalue weighted by Gasteiger charge is -2.07. The van der Waals surface area contributed by atoms with Gasteiger partial charge in [-0.15, -0.1) is 0 Å². The van der Waals surface area contributed by atoms with Gasteiger partial charge in [-0.05, 0) is 5.19 Å². The summed E-state index contributed by atoms with van der Waals surface area (Å²) in [5.41, 5.74) is 0. The zero-order chi connectivity index (χ0) is 9.90. The molecule has 6 heteroatoms. The number of rotatable bonds is 2. The molecule has 0 aliphatic rings. The van der Waals surface area contributed by atoms with Gasteiger partial charge in [0.25, 0.3) is 0 Å². The fourth-order valence-corrected chi connectivity index (χ4v) is 0.769. The maximum Gasteiger partial charge on any atom is 0.422 e. The summed E-state index contributed by atoms with van der Waals surface area (Å²) in [5, 5.41) is 0.680. The van der Waals surface area contributed by atoms with E-state index in [9.17, 15) is 13.2 Å². The number of alkyl halides is 3. The van der Waals surface area contributed by atoms with Crippen molar-refractivity contribution in [1.82, 2.24) is 4.98 Å². The summed E-state index contributed by atoms with van der Waals surface area (Å²) in [5.74, 6) is -0.0423. The Hall–Kier alpha value is -1.04. The van der Waals surface area contributed by atoms with Crippen LogP contribution >= 0.6 is 0 Å². The molecule has 0 aromatic carbocycles. The van der Waals surface area contributed by atoms with Crippen LogP contribution in [-0.4, -0.2) is 28.0 Å². The highest BCUT2D eigenvalue weighted by Crippen LogP contribution is 2.15. The molecule has 0 N–H and O–H groups in total. The summed E-state index contributed by atoms with van der Waals surface area (Å²) in [4.78, 5) is 3.61. The van der Waals surface area contributed by atoms with Crippen molar-refractivity contribution in [2.45, 2.75) is 6.18 Å². The molecule has 1 rings (SSSR count). The van der Waals surface area contributed by atoms with E-state index in [1.165, 1.54) is 12.3 Å². The van der Waals surface area contributed by atoms with Gasteiger partial charge in [-0.2, -0.15) is 13.2 Å². The standard InChI is InChI=1S/C7H5F3NOSi/c8-7(9,10)4-12-6-2-1-5(13)3-11-6/h1-3H,4H2. The van der Waals surface area contributed by atoms with Crippen LogP contribution in [0.5, 0.6) is 5.88 Å². The summed E-state index contributed by atoms with van der Waals surface area (Å²) in [7, 11) is 3.14. The molecule has 0 aliphatic heterocycles. The van der Waals surface area contributed by atoms with Crippen LogP contribution < -0.4 is 9.92 Å². The Morgan fingerprint density at radius 2 is 2.08 bits per heavy atom. The average Bonchev–Trinajstić information content (AvgIpc) is 2.02. The van der Waals surface area contributed by atoms with Gasteiger partial charge < -0.3 is 4.74 Å². The molecular weight excluding hydrogens is 199 g/mol. The lowest BCUT2D eigenvalue weighted by molar-refractivity contribution is -0.154. The Morgan fingerprint density at radius 3 is 2.54 bits per heavy atom. The van der Waals surface area contributed by atoms with Crippen molar-refractivity contribution >= 4 is 15.4 Å². The largest absolute Gasteiger partial charge is 0.468 e. The smallest absolute Gasteiger partial charge is 0.422 e. The number of hydrogen-bond donors (Lipinski definition) is 0. The number of ether oxygens (including phenoxy) is 1. The maximum atomic E-state index is 11.7. The zero-order valence-corrected chi connectivity index (χ0v) is 7.43. The molecule has 0 saturated carbocycles. The Balaban J connectivity index is 2.51. The average molecular weight is 204 g/mol. The van der Waals surface area contributed by atoms with Crippen molar-refractivity contribution in [3.8, 4) is 5.88 Å². The van der Waals surface area contributed by atoms with E-state index in [0.717, 1.165) is 0 Å². The highest BCUT2D eigenvalue weighted by molar-refractivity contribution is 6.32. The fraction of sp³-hybridized carbons (Fsp3) is 0.286. The van der Waals surface area contributed by atoms with Gasteiger partial charge in [-0.3, -0.25) is 0 Å². The van der Waals surface area contributed by atoms with Gasteiger partial charge >= 0.3 is 6.18 Å². The van der Waals surface area contributed by atoms with Crippen LogP contribution in [0.1, 0.15) is 0 Å². The molecule has 0 spiro atoms. The van der Waals surface area contributed by atoms with E-state index in [1.807, 2.05) is 0 Å². The monoisotopic (exact) mass is 204 g/mol. The highest BCUT2D eigenvalue weighted by atomic mass is 28.1. The first kappa shape index (κ1) is 10.0. The van der Waals surface area contributed by atoms with Gasteiger partial charge in [0.05, 0.1) is 10.2 Å². The van der Waals surface area contributed by atoms with E-state index in [0.29, 0.717) is 5.19 Å². The number of pyridine rings is 1. The normalized spacial score (nSPS) is 11.4. The Labute approximate surface area is 76.2 Å². The van der Waals surface area contributed by atoms with Gasteiger partial charge in [0.1, 0.15) is 0 Å². The van der Waals surface area contributed by atoms with Crippen molar-refractivity contribution in [2.24, 2.45) is 0 Å². The molecule has 1 aromatic heterocycles. The van der Waals surface area contributed by atoms with E-state index >= 15 is 0 Å². The second-order valence-electron chi connectivity index (χ2n) is 2.29. The molecule has 0 saturated heterocycles. The van der Waals surface area contributed by atoms with Crippen LogP contribution in [0.4, 0.5) is 13.2 Å². The van der Waals surface area contributed by atoms with Crippen LogP contribution in [0.3, 0.4) is 0 Å². The van der Waals surface area contributed by atoms with Gasteiger partial charge in [-0.25, -0.2) is 4.98 Å². The van der Waals surface area contributed by atoms with Crippen LogP contribution in [0.15, 0.2) is 18.3 Å². The lowest BCUT2D eigenvalue weighted by atomic mass is 10.5. The second kappa shape index (κ2) is 3.78. The summed E-state index contributed by atoms with van der Waals surface area (Å²) in [6, 6.07) is 2.91. The first-order valence-corrected chi connectivity index (χ1v) is 3.84. The van der Waals surface area contributed by atoms with Crippen molar-refractivity contribution in [2.75, 3.05) is 6.61 Å². The van der Waals surface area contributed by atoms with Gasteiger partial charge in [0, 0.05) is 12.3 Å². The molecule has 1 aromatic rings. The molecule has 0 amide bonds. The van der Waals surface area contributed by atoms with Gasteiger partial charge in [0.15, 0.2) is 6.61 Å². The van der Waals surface area contributed by atoms with Crippen LogP contribution in [0.25, 0.3) is 0 Å². The topological polar surface area (TPSA) is 22.1 Å². The number of nitrogens with zero attached hydrogens (tertiary/aromatic N) is 1. The first-order valence-electron chi connectivity index (χ1n) is 3.34. The fourth-order valence-electron chi connectivity index (χ4n) is 0.621. The van der Waals surface area contributed by atoms with E-state index < -0.39 is 12.8 Å². The predicted molar refractivity (Wildman–Crippen MR) is 41.2 cm³/mol. The third kappa shape index (κ3) is 3.93. The molecule has 0 bridgehead atoms. The molecule has 0 atom stereocenters. The Kier molecular flexibility index (Phi) is 2.92. The Bertz CT molecular complexity index is 272. The maximum absolute atomic E-state index is 11.7. The van der Waals surface area contributed by atoms with Crippen LogP contribution in [0, 0.1) is 0 Å². The van der Waals surface area contributed by atoms with Crippen molar-refractivity contribution in [3.63, 3.8) is 0 Å². The molecule has 1 heterocycles. The van der Waals surface area contributed by atoms with E-state index in [1.54, 1.807) is 6.07 Å². The highest BCUT2D eigenvalue weighted by Gasteiger charge is 2.28. The minimum Gasteiger partial charge on any atom is -0.468 e. The molecule has 13 heavy (non-hydrogen) atoms. The Morgan fingerprint density at radius 1 is 1.38 bits per heavy atom. The minimum absolute atomic E-state index is 0.0423. The summed E-state index contributed by atoms with van der Waals surface area (Å²) in [6.45, 7) is -1.32. The van der Waals surface area contributed by atoms with Gasteiger partial charge in [0.2, 0.25) is 5.88 Å². The summed E-state index contributed by atoms with van der Waals surface area (Å²) >= 11 is 0. The molecule has 2 nitrogen and oxygen atoms in total. The molecule has 0 fully saturated rings. The number of halogens is 3.